The van der Waals surface area contributed by atoms with Gasteiger partial charge in [0.1, 0.15) is 0 Å². The fraction of sp³-hybridized carbons (Fsp3) is 0.200. The summed E-state index contributed by atoms with van der Waals surface area (Å²) in [6.45, 7) is 0.449. The number of nitrogens with zero attached hydrogens (tertiary/aromatic N) is 2. The highest BCUT2D eigenvalue weighted by Crippen LogP contribution is 2.43. The molecule has 0 radical (unpaired) electrons. The first-order chi connectivity index (χ1) is 12.7. The third-order valence-electron chi connectivity index (χ3n) is 4.52. The standard InChI is InChI=1S/C20H19BrN4O/c21-18-9-5-4-8-16(18)17-10-19(17)24-20(26)22-11-14-12-23-25(13-14)15-6-2-1-3-7-15/h1-9,12-13,17,19H,10-11H2,(H2,22,24,26). The molecule has 2 amide bonds. The van der Waals surface area contributed by atoms with E-state index in [1.165, 1.54) is 5.56 Å². The maximum Gasteiger partial charge on any atom is 0.315 e. The van der Waals surface area contributed by atoms with Crippen LogP contribution in [0.4, 0.5) is 4.79 Å². The molecule has 5 nitrogen and oxygen atoms in total. The van der Waals surface area contributed by atoms with Crippen LogP contribution in [0, 0.1) is 0 Å². The van der Waals surface area contributed by atoms with Crippen LogP contribution in [0.15, 0.2) is 71.5 Å². The number of carbonyl (C=O) groups is 1. The Balaban J connectivity index is 1.28. The molecule has 132 valence electrons. The average molecular weight is 411 g/mol. The monoisotopic (exact) mass is 410 g/mol. The molecular weight excluding hydrogens is 392 g/mol. The van der Waals surface area contributed by atoms with E-state index in [1.54, 1.807) is 10.9 Å². The third-order valence-corrected chi connectivity index (χ3v) is 5.24. The van der Waals surface area contributed by atoms with Gasteiger partial charge in [0.25, 0.3) is 0 Å². The van der Waals surface area contributed by atoms with Gasteiger partial charge in [-0.25, -0.2) is 9.48 Å². The van der Waals surface area contributed by atoms with E-state index in [1.807, 2.05) is 54.7 Å². The Kier molecular flexibility index (Phi) is 4.75. The lowest BCUT2D eigenvalue weighted by atomic mass is 10.1. The van der Waals surface area contributed by atoms with Crippen LogP contribution in [-0.4, -0.2) is 21.9 Å². The minimum absolute atomic E-state index is 0.142. The van der Waals surface area contributed by atoms with Gasteiger partial charge >= 0.3 is 6.03 Å². The fourth-order valence-electron chi connectivity index (χ4n) is 3.05. The second kappa shape index (κ2) is 7.33. The molecule has 1 heterocycles. The number of amides is 2. The Morgan fingerprint density at radius 2 is 1.92 bits per heavy atom. The summed E-state index contributed by atoms with van der Waals surface area (Å²) in [5.41, 5.74) is 3.21. The number of hydrogen-bond donors (Lipinski definition) is 2. The molecule has 0 spiro atoms. The molecule has 1 fully saturated rings. The van der Waals surface area contributed by atoms with Crippen molar-refractivity contribution in [3.05, 3.63) is 82.6 Å². The van der Waals surface area contributed by atoms with Crippen molar-refractivity contribution in [2.45, 2.75) is 24.9 Å². The van der Waals surface area contributed by atoms with Gasteiger partial charge in [-0.1, -0.05) is 52.3 Å². The van der Waals surface area contributed by atoms with Gasteiger partial charge in [-0.3, -0.25) is 0 Å². The normalized spacial score (nSPS) is 18.3. The fourth-order valence-corrected chi connectivity index (χ4v) is 3.63. The summed E-state index contributed by atoms with van der Waals surface area (Å²) in [6, 6.07) is 18.1. The van der Waals surface area contributed by atoms with Gasteiger partial charge in [0, 0.05) is 34.7 Å². The van der Waals surface area contributed by atoms with Crippen LogP contribution in [0.2, 0.25) is 0 Å². The van der Waals surface area contributed by atoms with Crippen molar-refractivity contribution in [1.29, 1.82) is 0 Å². The zero-order valence-corrected chi connectivity index (χ0v) is 15.7. The maximum absolute atomic E-state index is 12.1. The van der Waals surface area contributed by atoms with E-state index >= 15 is 0 Å². The molecule has 0 aliphatic heterocycles. The second-order valence-corrected chi connectivity index (χ2v) is 7.28. The van der Waals surface area contributed by atoms with Crippen molar-refractivity contribution in [3.63, 3.8) is 0 Å². The van der Waals surface area contributed by atoms with E-state index in [9.17, 15) is 4.79 Å². The summed E-state index contributed by atoms with van der Waals surface area (Å²) in [4.78, 5) is 12.1. The van der Waals surface area contributed by atoms with E-state index in [2.05, 4.69) is 37.7 Å². The minimum atomic E-state index is -0.142. The third kappa shape index (κ3) is 3.80. The van der Waals surface area contributed by atoms with Crippen molar-refractivity contribution in [2.75, 3.05) is 0 Å². The van der Waals surface area contributed by atoms with Crippen LogP contribution >= 0.6 is 15.9 Å². The summed E-state index contributed by atoms with van der Waals surface area (Å²) in [6.07, 6.45) is 4.67. The number of para-hydroxylation sites is 1. The Labute approximate surface area is 160 Å². The molecule has 1 aliphatic carbocycles. The van der Waals surface area contributed by atoms with Gasteiger partial charge in [0.15, 0.2) is 0 Å². The topological polar surface area (TPSA) is 59.0 Å². The number of hydrogen-bond acceptors (Lipinski definition) is 2. The molecule has 2 atom stereocenters. The number of nitrogens with one attached hydrogen (secondary N) is 2. The Morgan fingerprint density at radius 3 is 2.73 bits per heavy atom. The molecule has 4 rings (SSSR count). The molecule has 26 heavy (non-hydrogen) atoms. The van der Waals surface area contributed by atoms with Crippen molar-refractivity contribution in [3.8, 4) is 5.69 Å². The Bertz CT molecular complexity index is 909. The second-order valence-electron chi connectivity index (χ2n) is 6.43. The van der Waals surface area contributed by atoms with Gasteiger partial charge in [-0.05, 0) is 30.2 Å². The molecule has 1 saturated carbocycles. The van der Waals surface area contributed by atoms with Gasteiger partial charge in [-0.15, -0.1) is 0 Å². The first-order valence-corrected chi connectivity index (χ1v) is 9.38. The van der Waals surface area contributed by atoms with E-state index in [4.69, 9.17) is 0 Å². The summed E-state index contributed by atoms with van der Waals surface area (Å²) in [5, 5.41) is 10.3. The van der Waals surface area contributed by atoms with Crippen LogP contribution in [0.3, 0.4) is 0 Å². The predicted molar refractivity (Wildman–Crippen MR) is 104 cm³/mol. The van der Waals surface area contributed by atoms with Crippen LogP contribution in [0.5, 0.6) is 0 Å². The highest BCUT2D eigenvalue weighted by molar-refractivity contribution is 9.10. The summed E-state index contributed by atoms with van der Waals surface area (Å²) >= 11 is 3.58. The lowest BCUT2D eigenvalue weighted by molar-refractivity contribution is 0.240. The van der Waals surface area contributed by atoms with Crippen molar-refractivity contribution >= 4 is 22.0 Å². The van der Waals surface area contributed by atoms with Gasteiger partial charge < -0.3 is 10.6 Å². The number of halogens is 1. The molecule has 1 aliphatic rings. The van der Waals surface area contributed by atoms with Gasteiger partial charge in [-0.2, -0.15) is 5.10 Å². The minimum Gasteiger partial charge on any atom is -0.335 e. The number of aromatic nitrogens is 2. The molecule has 0 bridgehead atoms. The molecule has 2 unspecified atom stereocenters. The Hall–Kier alpha value is -2.60. The lowest BCUT2D eigenvalue weighted by Crippen LogP contribution is -2.36. The molecule has 3 aromatic rings. The highest BCUT2D eigenvalue weighted by Gasteiger charge is 2.40. The maximum atomic E-state index is 12.1. The van der Waals surface area contributed by atoms with E-state index < -0.39 is 0 Å². The van der Waals surface area contributed by atoms with Crippen molar-refractivity contribution in [1.82, 2.24) is 20.4 Å². The van der Waals surface area contributed by atoms with Crippen LogP contribution in [0.25, 0.3) is 5.69 Å². The molecule has 6 heteroatoms. The molecule has 0 saturated heterocycles. The van der Waals surface area contributed by atoms with Gasteiger partial charge in [0.2, 0.25) is 0 Å². The molecule has 2 aromatic carbocycles. The quantitative estimate of drug-likeness (QED) is 0.667. The predicted octanol–water partition coefficient (Wildman–Crippen LogP) is 3.99. The highest BCUT2D eigenvalue weighted by atomic mass is 79.9. The van der Waals surface area contributed by atoms with Crippen LogP contribution < -0.4 is 10.6 Å². The average Bonchev–Trinajstić information content (AvgIpc) is 3.24. The lowest BCUT2D eigenvalue weighted by Gasteiger charge is -2.07. The zero-order chi connectivity index (χ0) is 17.9. The smallest absolute Gasteiger partial charge is 0.315 e. The summed E-state index contributed by atoms with van der Waals surface area (Å²) in [7, 11) is 0. The number of benzene rings is 2. The molecular formula is C20H19BrN4O. The van der Waals surface area contributed by atoms with Crippen LogP contribution in [0.1, 0.15) is 23.5 Å². The zero-order valence-electron chi connectivity index (χ0n) is 14.1. The van der Waals surface area contributed by atoms with Gasteiger partial charge in [0.05, 0.1) is 11.9 Å². The first-order valence-electron chi connectivity index (χ1n) is 8.58. The first kappa shape index (κ1) is 16.8. The number of urea groups is 1. The van der Waals surface area contributed by atoms with Crippen molar-refractivity contribution in [2.24, 2.45) is 0 Å². The van der Waals surface area contributed by atoms with Crippen molar-refractivity contribution < 1.29 is 4.79 Å². The number of carbonyl (C=O) groups excluding carboxylic acids is 1. The summed E-state index contributed by atoms with van der Waals surface area (Å²) < 4.78 is 2.90. The Morgan fingerprint density at radius 1 is 1.15 bits per heavy atom. The summed E-state index contributed by atoms with van der Waals surface area (Å²) in [5.74, 6) is 0.386. The number of rotatable bonds is 5. The molecule has 1 aromatic heterocycles. The molecule has 2 N–H and O–H groups in total. The largest absolute Gasteiger partial charge is 0.335 e. The van der Waals surface area contributed by atoms with E-state index in [0.29, 0.717) is 12.5 Å². The SMILES string of the molecule is O=C(NCc1cnn(-c2ccccc2)c1)NC1CC1c1ccccc1Br. The van der Waals surface area contributed by atoms with Crippen LogP contribution in [-0.2, 0) is 6.54 Å². The van der Waals surface area contributed by atoms with E-state index in [0.717, 1.165) is 22.1 Å². The van der Waals surface area contributed by atoms with E-state index in [-0.39, 0.29) is 12.1 Å².